The minimum absolute atomic E-state index is 0.00878. The van der Waals surface area contributed by atoms with Gasteiger partial charge in [-0.15, -0.1) is 0 Å². The molecule has 2 heterocycles. The van der Waals surface area contributed by atoms with Gasteiger partial charge in [0.05, 0.1) is 24.0 Å². The first kappa shape index (κ1) is 21.8. The molecule has 2 aliphatic heterocycles. The Morgan fingerprint density at radius 2 is 1.73 bits per heavy atom. The third-order valence-electron chi connectivity index (χ3n) is 11.2. The highest BCUT2D eigenvalue weighted by atomic mass is 16.5. The molecule has 6 atom stereocenters. The molecule has 2 amide bonds. The molecule has 188 valence electrons. The van der Waals surface area contributed by atoms with Crippen molar-refractivity contribution in [3.63, 3.8) is 0 Å². The summed E-state index contributed by atoms with van der Waals surface area (Å²) in [4.78, 5) is 18.4. The van der Waals surface area contributed by atoms with Crippen LogP contribution in [0.3, 0.4) is 0 Å². The number of rotatable bonds is 1. The van der Waals surface area contributed by atoms with E-state index >= 15 is 0 Å². The summed E-state index contributed by atoms with van der Waals surface area (Å²) < 4.78 is 5.55. The van der Waals surface area contributed by atoms with Crippen LogP contribution in [0.25, 0.3) is 0 Å². The van der Waals surface area contributed by atoms with Crippen LogP contribution in [0.1, 0.15) is 66.7 Å². The Kier molecular flexibility index (Phi) is 4.23. The Bertz CT molecular complexity index is 1460. The smallest absolute Gasteiger partial charge is 0.329 e. The van der Waals surface area contributed by atoms with E-state index < -0.39 is 0 Å². The molecule has 5 aliphatic rings. The summed E-state index contributed by atoms with van der Waals surface area (Å²) >= 11 is 0. The van der Waals surface area contributed by atoms with Gasteiger partial charge in [-0.1, -0.05) is 49.4 Å². The van der Waals surface area contributed by atoms with Gasteiger partial charge in [-0.25, -0.2) is 4.79 Å². The fraction of sp³-hybridized carbons (Fsp3) is 0.424. The molecule has 1 spiro atoms. The molecule has 3 aromatic rings. The number of hydrogen-bond donors (Lipinski definition) is 0. The van der Waals surface area contributed by atoms with Gasteiger partial charge in [0.15, 0.2) is 0 Å². The highest BCUT2D eigenvalue weighted by molar-refractivity contribution is 6.10. The van der Waals surface area contributed by atoms with Gasteiger partial charge in [0.2, 0.25) is 0 Å². The summed E-state index contributed by atoms with van der Waals surface area (Å²) in [6.45, 7) is 2.55. The van der Waals surface area contributed by atoms with E-state index in [1.807, 2.05) is 11.9 Å². The number of nitrogens with zero attached hydrogens (tertiary/aromatic N) is 2. The Balaban J connectivity index is 1.33. The predicted octanol–water partition coefficient (Wildman–Crippen LogP) is 7.23. The van der Waals surface area contributed by atoms with E-state index in [-0.39, 0.29) is 17.0 Å². The van der Waals surface area contributed by atoms with Gasteiger partial charge in [0.25, 0.3) is 0 Å². The van der Waals surface area contributed by atoms with E-state index in [0.29, 0.717) is 23.7 Å². The van der Waals surface area contributed by atoms with Crippen molar-refractivity contribution in [2.24, 2.45) is 17.3 Å². The van der Waals surface area contributed by atoms with Gasteiger partial charge < -0.3 is 4.74 Å². The third-order valence-corrected chi connectivity index (χ3v) is 11.2. The van der Waals surface area contributed by atoms with Crippen molar-refractivity contribution in [1.82, 2.24) is 0 Å². The predicted molar refractivity (Wildman–Crippen MR) is 147 cm³/mol. The number of methoxy groups -OCH3 is 1. The number of para-hydroxylation sites is 2. The highest BCUT2D eigenvalue weighted by Crippen LogP contribution is 2.77. The lowest BCUT2D eigenvalue weighted by Gasteiger charge is -2.59. The van der Waals surface area contributed by atoms with Gasteiger partial charge in [-0.2, -0.15) is 0 Å². The average molecular weight is 491 g/mol. The first-order valence-electron chi connectivity index (χ1n) is 13.9. The van der Waals surface area contributed by atoms with Crippen molar-refractivity contribution in [2.45, 2.75) is 56.4 Å². The van der Waals surface area contributed by atoms with Crippen LogP contribution in [-0.2, 0) is 12.0 Å². The quantitative estimate of drug-likeness (QED) is 0.360. The largest absolute Gasteiger partial charge is 0.497 e. The number of urea groups is 1. The monoisotopic (exact) mass is 490 g/mol. The van der Waals surface area contributed by atoms with Crippen LogP contribution in [0.5, 0.6) is 5.75 Å². The molecular formula is C33H34N2O2. The van der Waals surface area contributed by atoms with Crippen LogP contribution in [0.2, 0.25) is 0 Å². The van der Waals surface area contributed by atoms with Crippen molar-refractivity contribution in [3.05, 3.63) is 89.0 Å². The van der Waals surface area contributed by atoms with Crippen molar-refractivity contribution < 1.29 is 9.53 Å². The first-order chi connectivity index (χ1) is 18.0. The van der Waals surface area contributed by atoms with Crippen LogP contribution in [0.4, 0.5) is 16.2 Å². The summed E-state index contributed by atoms with van der Waals surface area (Å²) in [6, 6.07) is 24.4. The van der Waals surface area contributed by atoms with Crippen molar-refractivity contribution in [3.8, 4) is 5.75 Å². The second kappa shape index (κ2) is 7.18. The molecule has 37 heavy (non-hydrogen) atoms. The Morgan fingerprint density at radius 3 is 2.57 bits per heavy atom. The maximum atomic E-state index is 14.2. The van der Waals surface area contributed by atoms with Crippen LogP contribution in [0, 0.1) is 17.3 Å². The van der Waals surface area contributed by atoms with Crippen LogP contribution in [-0.4, -0.2) is 20.2 Å². The summed E-state index contributed by atoms with van der Waals surface area (Å²) in [6.07, 6.45) is 5.82. The first-order valence-corrected chi connectivity index (χ1v) is 13.9. The third kappa shape index (κ3) is 2.39. The Morgan fingerprint density at radius 1 is 0.946 bits per heavy atom. The molecule has 4 nitrogen and oxygen atoms in total. The van der Waals surface area contributed by atoms with E-state index in [9.17, 15) is 4.79 Å². The van der Waals surface area contributed by atoms with Crippen LogP contribution >= 0.6 is 0 Å². The fourth-order valence-corrected chi connectivity index (χ4v) is 9.89. The standard InChI is InChI=1S/C33H34N2O2/c1-32-17-16-23-22-15-13-21(37-3)18-20(22)12-14-24(23)27(32)19-28-25-8-4-6-10-29(25)35-31(36)34(2)30-11-7-5-9-26(30)33(28,32)35/h4-11,13,15,18,23-24,27-28H,12,14,16-17,19H2,1-3H3/t23-,24-,27+,28+,32+,33-/m1/s1. The maximum absolute atomic E-state index is 14.2. The number of anilines is 2. The molecular weight excluding hydrogens is 456 g/mol. The molecule has 0 bridgehead atoms. The van der Waals surface area contributed by atoms with E-state index in [4.69, 9.17) is 4.74 Å². The van der Waals surface area contributed by atoms with E-state index in [2.05, 4.69) is 78.6 Å². The van der Waals surface area contributed by atoms with Crippen molar-refractivity contribution in [2.75, 3.05) is 24.0 Å². The van der Waals surface area contributed by atoms with Gasteiger partial charge >= 0.3 is 6.03 Å². The minimum atomic E-state index is -0.327. The van der Waals surface area contributed by atoms with Crippen LogP contribution in [0.15, 0.2) is 66.7 Å². The molecule has 8 rings (SSSR count). The summed E-state index contributed by atoms with van der Waals surface area (Å²) in [7, 11) is 3.71. The molecule has 0 radical (unpaired) electrons. The topological polar surface area (TPSA) is 32.8 Å². The number of fused-ring (bicyclic) bond motifs is 9. The molecule has 4 heteroatoms. The van der Waals surface area contributed by atoms with Gasteiger partial charge in [-0.05, 0) is 96.2 Å². The number of carbonyl (C=O) groups is 1. The second-order valence-electron chi connectivity index (χ2n) is 12.2. The lowest BCUT2D eigenvalue weighted by atomic mass is 9.51. The van der Waals surface area contributed by atoms with Crippen molar-refractivity contribution in [1.29, 1.82) is 0 Å². The zero-order valence-corrected chi connectivity index (χ0v) is 21.9. The number of hydrogen-bond acceptors (Lipinski definition) is 2. The number of ether oxygens (including phenoxy) is 1. The lowest BCUT2D eigenvalue weighted by molar-refractivity contribution is 0.0118. The molecule has 2 saturated carbocycles. The normalized spacial score (nSPS) is 34.5. The molecule has 0 unspecified atom stereocenters. The summed E-state index contributed by atoms with van der Waals surface area (Å²) in [5.41, 5.74) is 7.64. The SMILES string of the molecule is COc1ccc2c(c1)CC[C@@H]1[C@@H]2CC[C@@]2(C)[C@H]1C[C@H]1c3ccccc3N3C(=O)N(C)c4ccccc4[C@]132. The van der Waals surface area contributed by atoms with E-state index in [1.54, 1.807) is 12.7 Å². The summed E-state index contributed by atoms with van der Waals surface area (Å²) in [5, 5.41) is 0. The lowest BCUT2D eigenvalue weighted by Crippen LogP contribution is -2.64. The van der Waals surface area contributed by atoms with Crippen molar-refractivity contribution >= 4 is 17.4 Å². The number of carbonyl (C=O) groups excluding carboxylic acids is 1. The average Bonchev–Trinajstić information content (AvgIpc) is 3.39. The van der Waals surface area contributed by atoms with Crippen LogP contribution < -0.4 is 14.5 Å². The summed E-state index contributed by atoms with van der Waals surface area (Å²) in [5.74, 6) is 3.13. The van der Waals surface area contributed by atoms with E-state index in [0.717, 1.165) is 36.4 Å². The zero-order chi connectivity index (χ0) is 25.1. The molecule has 2 fully saturated rings. The van der Waals surface area contributed by atoms with Gasteiger partial charge in [0, 0.05) is 18.5 Å². The maximum Gasteiger partial charge on any atom is 0.329 e. The molecule has 0 N–H and O–H groups in total. The Labute approximate surface area is 219 Å². The van der Waals surface area contributed by atoms with Gasteiger partial charge in [0.1, 0.15) is 5.75 Å². The molecule has 3 aliphatic carbocycles. The minimum Gasteiger partial charge on any atom is -0.497 e. The highest BCUT2D eigenvalue weighted by Gasteiger charge is 2.74. The number of amides is 2. The number of benzene rings is 3. The Hall–Kier alpha value is -3.27. The number of aryl methyl sites for hydroxylation is 1. The molecule has 0 aromatic heterocycles. The fourth-order valence-electron chi connectivity index (χ4n) is 9.89. The molecule has 0 saturated heterocycles. The zero-order valence-electron chi connectivity index (χ0n) is 21.9. The second-order valence-corrected chi connectivity index (χ2v) is 12.2. The van der Waals surface area contributed by atoms with Gasteiger partial charge in [-0.3, -0.25) is 9.80 Å². The molecule has 3 aromatic carbocycles. The van der Waals surface area contributed by atoms with E-state index in [1.165, 1.54) is 29.5 Å².